The van der Waals surface area contributed by atoms with E-state index >= 15 is 0 Å². The molecule has 53 heavy (non-hydrogen) atoms. The molecule has 0 bridgehead atoms. The maximum atomic E-state index is 13.7. The molecule has 284 valence electrons. The van der Waals surface area contributed by atoms with Crippen molar-refractivity contribution in [1.29, 1.82) is 0 Å². The van der Waals surface area contributed by atoms with Crippen LogP contribution < -0.4 is 27.0 Å². The van der Waals surface area contributed by atoms with E-state index in [-0.39, 0.29) is 25.2 Å². The van der Waals surface area contributed by atoms with Crippen molar-refractivity contribution < 1.29 is 44.1 Å². The van der Waals surface area contributed by atoms with Gasteiger partial charge in [0.15, 0.2) is 0 Å². The van der Waals surface area contributed by atoms with Crippen LogP contribution in [0.15, 0.2) is 60.9 Å². The number of aromatic amines is 2. The van der Waals surface area contributed by atoms with Crippen LogP contribution in [0.2, 0.25) is 0 Å². The largest absolute Gasteiger partial charge is 0.481 e. The number of carbonyl (C=O) groups is 6. The number of aliphatic hydroxyl groups excluding tert-OH is 1. The van der Waals surface area contributed by atoms with Gasteiger partial charge in [-0.25, -0.2) is 4.79 Å². The SMILES string of the molecule is CC(C)C[C@H](NC(=O)[C@@H](N)Cc1c[nH]c2ccccc12)C(=O)N[C@H](C(=O)N[C@@H](Cc1c[nH]c2ccccc12)C(=O)N[C@@H](CCC(=O)O)C(=O)O)[C@@H](C)O. The van der Waals surface area contributed by atoms with Crippen LogP contribution in [0.25, 0.3) is 21.8 Å². The van der Waals surface area contributed by atoms with Crippen molar-refractivity contribution in [2.75, 3.05) is 0 Å². The number of carboxylic acid groups (broad SMARTS) is 2. The van der Waals surface area contributed by atoms with E-state index in [1.165, 1.54) is 6.92 Å². The first-order chi connectivity index (χ1) is 25.1. The monoisotopic (exact) mass is 733 g/mol. The summed E-state index contributed by atoms with van der Waals surface area (Å²) in [6, 6.07) is 7.98. The highest BCUT2D eigenvalue weighted by molar-refractivity contribution is 5.96. The summed E-state index contributed by atoms with van der Waals surface area (Å²) in [4.78, 5) is 83.4. The first kappa shape index (κ1) is 40.0. The highest BCUT2D eigenvalue weighted by Gasteiger charge is 2.34. The molecule has 11 N–H and O–H groups in total. The number of aliphatic carboxylic acids is 2. The molecule has 0 saturated carbocycles. The summed E-state index contributed by atoms with van der Waals surface area (Å²) in [5.74, 6) is -6.06. The van der Waals surface area contributed by atoms with Crippen molar-refractivity contribution in [2.24, 2.45) is 11.7 Å². The number of carbonyl (C=O) groups excluding carboxylic acids is 4. The van der Waals surface area contributed by atoms with Crippen LogP contribution in [0.3, 0.4) is 0 Å². The summed E-state index contributed by atoms with van der Waals surface area (Å²) in [5.41, 5.74) is 9.31. The lowest BCUT2D eigenvalue weighted by Gasteiger charge is -2.28. The predicted molar refractivity (Wildman–Crippen MR) is 195 cm³/mol. The van der Waals surface area contributed by atoms with Crippen molar-refractivity contribution in [3.05, 3.63) is 72.1 Å². The zero-order chi connectivity index (χ0) is 38.8. The summed E-state index contributed by atoms with van der Waals surface area (Å²) < 4.78 is 0. The number of aromatic nitrogens is 2. The maximum Gasteiger partial charge on any atom is 0.326 e. The minimum Gasteiger partial charge on any atom is -0.481 e. The summed E-state index contributed by atoms with van der Waals surface area (Å²) in [5, 5.41) is 41.0. The third-order valence-electron chi connectivity index (χ3n) is 8.85. The molecule has 0 aliphatic carbocycles. The number of nitrogens with two attached hydrogens (primary N) is 1. The number of para-hydroxylation sites is 2. The number of amides is 4. The van der Waals surface area contributed by atoms with E-state index in [0.717, 1.165) is 27.4 Å². The Labute approximate surface area is 305 Å². The van der Waals surface area contributed by atoms with E-state index < -0.39 is 84.7 Å². The van der Waals surface area contributed by atoms with Crippen LogP contribution in [0.1, 0.15) is 51.2 Å². The van der Waals surface area contributed by atoms with Crippen molar-refractivity contribution in [3.63, 3.8) is 0 Å². The van der Waals surface area contributed by atoms with Crippen LogP contribution in [0, 0.1) is 5.92 Å². The molecule has 0 unspecified atom stereocenters. The third-order valence-corrected chi connectivity index (χ3v) is 8.85. The normalized spacial score (nSPS) is 14.8. The molecule has 4 rings (SSSR count). The first-order valence-corrected chi connectivity index (χ1v) is 17.3. The minimum atomic E-state index is -1.60. The Hall–Kier alpha value is -5.74. The van der Waals surface area contributed by atoms with E-state index in [0.29, 0.717) is 5.56 Å². The zero-order valence-electron chi connectivity index (χ0n) is 29.7. The van der Waals surface area contributed by atoms with Crippen LogP contribution in [0.4, 0.5) is 0 Å². The van der Waals surface area contributed by atoms with Gasteiger partial charge in [0.05, 0.1) is 12.1 Å². The molecule has 0 spiro atoms. The zero-order valence-corrected chi connectivity index (χ0v) is 29.7. The number of benzene rings is 2. The van der Waals surface area contributed by atoms with Gasteiger partial charge in [0.25, 0.3) is 0 Å². The van der Waals surface area contributed by atoms with E-state index in [2.05, 4.69) is 31.2 Å². The highest BCUT2D eigenvalue weighted by atomic mass is 16.4. The molecular formula is C37H47N7O9. The minimum absolute atomic E-state index is 0.0812. The van der Waals surface area contributed by atoms with E-state index in [1.807, 2.05) is 38.1 Å². The number of H-pyrrole nitrogens is 2. The van der Waals surface area contributed by atoms with E-state index in [9.17, 15) is 39.0 Å². The quantitative estimate of drug-likeness (QED) is 0.0655. The predicted octanol–water partition coefficient (Wildman–Crippen LogP) is 1.08. The van der Waals surface area contributed by atoms with Gasteiger partial charge in [0, 0.05) is 47.0 Å². The van der Waals surface area contributed by atoms with Gasteiger partial charge in [-0.15, -0.1) is 0 Å². The number of aliphatic hydroxyl groups is 1. The fourth-order valence-corrected chi connectivity index (χ4v) is 6.06. The lowest BCUT2D eigenvalue weighted by atomic mass is 10.00. The van der Waals surface area contributed by atoms with Crippen molar-refractivity contribution in [3.8, 4) is 0 Å². The number of nitrogens with one attached hydrogen (secondary N) is 6. The topological polar surface area (TPSA) is 269 Å². The van der Waals surface area contributed by atoms with Gasteiger partial charge in [-0.05, 0) is 55.4 Å². The number of fused-ring (bicyclic) bond motifs is 2. The first-order valence-electron chi connectivity index (χ1n) is 17.3. The van der Waals surface area contributed by atoms with Gasteiger partial charge >= 0.3 is 11.9 Å². The Morgan fingerprint density at radius 2 is 1.19 bits per heavy atom. The van der Waals surface area contributed by atoms with E-state index in [1.54, 1.807) is 36.7 Å². The Morgan fingerprint density at radius 1 is 0.679 bits per heavy atom. The second-order valence-corrected chi connectivity index (χ2v) is 13.5. The van der Waals surface area contributed by atoms with Gasteiger partial charge in [-0.3, -0.25) is 24.0 Å². The molecule has 0 aliphatic rings. The van der Waals surface area contributed by atoms with Crippen molar-refractivity contribution in [2.45, 2.75) is 89.2 Å². The molecule has 2 aromatic carbocycles. The Kier molecular flexibility index (Phi) is 13.7. The van der Waals surface area contributed by atoms with Crippen LogP contribution in [-0.4, -0.2) is 97.2 Å². The van der Waals surface area contributed by atoms with Gasteiger partial charge in [-0.2, -0.15) is 0 Å². The molecule has 2 heterocycles. The molecule has 16 nitrogen and oxygen atoms in total. The van der Waals surface area contributed by atoms with Crippen molar-refractivity contribution >= 4 is 57.4 Å². The molecule has 2 aromatic heterocycles. The molecule has 0 radical (unpaired) electrons. The summed E-state index contributed by atoms with van der Waals surface area (Å²) >= 11 is 0. The Bertz CT molecular complexity index is 1940. The average molecular weight is 734 g/mol. The van der Waals surface area contributed by atoms with E-state index in [4.69, 9.17) is 10.8 Å². The lowest BCUT2D eigenvalue weighted by molar-refractivity contribution is -0.143. The third kappa shape index (κ3) is 10.9. The molecule has 16 heteroatoms. The maximum absolute atomic E-state index is 13.7. The van der Waals surface area contributed by atoms with Gasteiger partial charge < -0.3 is 52.3 Å². The van der Waals surface area contributed by atoms with Crippen molar-refractivity contribution in [1.82, 2.24) is 31.2 Å². The Balaban J connectivity index is 1.51. The van der Waals surface area contributed by atoms with Crippen LogP contribution in [0.5, 0.6) is 0 Å². The lowest BCUT2D eigenvalue weighted by Crippen LogP contribution is -2.61. The number of rotatable bonds is 19. The number of carboxylic acids is 2. The van der Waals surface area contributed by atoms with Crippen LogP contribution in [-0.2, 0) is 41.6 Å². The molecule has 4 amide bonds. The fraction of sp³-hybridized carbons (Fsp3) is 0.405. The second-order valence-electron chi connectivity index (χ2n) is 13.5. The molecule has 0 aliphatic heterocycles. The smallest absolute Gasteiger partial charge is 0.326 e. The highest BCUT2D eigenvalue weighted by Crippen LogP contribution is 2.21. The number of hydrogen-bond acceptors (Lipinski definition) is 8. The van der Waals surface area contributed by atoms with Crippen LogP contribution >= 0.6 is 0 Å². The molecule has 0 saturated heterocycles. The number of hydrogen-bond donors (Lipinski definition) is 10. The Morgan fingerprint density at radius 3 is 1.72 bits per heavy atom. The summed E-state index contributed by atoms with van der Waals surface area (Å²) in [7, 11) is 0. The average Bonchev–Trinajstić information content (AvgIpc) is 3.71. The summed E-state index contributed by atoms with van der Waals surface area (Å²) in [6.45, 7) is 4.94. The molecular weight excluding hydrogens is 686 g/mol. The molecule has 6 atom stereocenters. The molecule has 4 aromatic rings. The fourth-order valence-electron chi connectivity index (χ4n) is 6.06. The standard InChI is InChI=1S/C37H47N7O9/c1-19(2)14-29(42-33(48)25(38)15-21-17-39-26-10-6-4-8-23(21)26)35(50)44-32(20(3)45)36(51)43-30(16-22-18-40-27-11-7-5-9-24(22)27)34(49)41-28(37(52)53)12-13-31(46)47/h4-11,17-20,25,28-30,32,39-40,45H,12-16,38H2,1-3H3,(H,41,49)(H,42,48)(H,43,51)(H,44,50)(H,46,47)(H,52,53)/t20-,25+,28+,29+,30+,32+/m1/s1. The second kappa shape index (κ2) is 18.1. The van der Waals surface area contributed by atoms with Gasteiger partial charge in [0.2, 0.25) is 23.6 Å². The summed E-state index contributed by atoms with van der Waals surface area (Å²) in [6.07, 6.45) is 1.21. The van der Waals surface area contributed by atoms with Gasteiger partial charge in [-0.1, -0.05) is 50.2 Å². The van der Waals surface area contributed by atoms with Gasteiger partial charge in [0.1, 0.15) is 24.2 Å². The molecule has 0 fully saturated rings.